The smallest absolute Gasteiger partial charge is 0.338 e. The average Bonchev–Trinajstić information content (AvgIpc) is 2.78. The zero-order valence-electron chi connectivity index (χ0n) is 16.7. The van der Waals surface area contributed by atoms with E-state index in [0.29, 0.717) is 24.2 Å². The molecule has 0 atom stereocenters. The van der Waals surface area contributed by atoms with E-state index in [-0.39, 0.29) is 17.2 Å². The van der Waals surface area contributed by atoms with Crippen molar-refractivity contribution in [3.8, 4) is 5.75 Å². The first kappa shape index (κ1) is 21.6. The normalized spacial score (nSPS) is 10.2. The molecule has 0 bridgehead atoms. The Bertz CT molecular complexity index is 1070. The summed E-state index contributed by atoms with van der Waals surface area (Å²) in [5, 5.41) is 14.8. The Kier molecular flexibility index (Phi) is 7.37. The summed E-state index contributed by atoms with van der Waals surface area (Å²) in [6.07, 6.45) is 0.687. The Morgan fingerprint density at radius 3 is 2.39 bits per heavy atom. The Balaban J connectivity index is 1.53. The summed E-state index contributed by atoms with van der Waals surface area (Å²) in [5.41, 5.74) is 1.87. The van der Waals surface area contributed by atoms with Crippen LogP contribution < -0.4 is 10.6 Å². The van der Waals surface area contributed by atoms with Crippen LogP contribution in [-0.4, -0.2) is 36.0 Å². The van der Waals surface area contributed by atoms with Crippen molar-refractivity contribution in [3.05, 3.63) is 95.6 Å². The molecule has 158 valence electrons. The van der Waals surface area contributed by atoms with Crippen molar-refractivity contribution in [3.63, 3.8) is 0 Å². The minimum absolute atomic E-state index is 0.0777. The van der Waals surface area contributed by atoms with E-state index in [9.17, 15) is 19.5 Å². The molecule has 0 aliphatic heterocycles. The Morgan fingerprint density at radius 2 is 1.61 bits per heavy atom. The van der Waals surface area contributed by atoms with Crippen LogP contribution in [0, 0.1) is 0 Å². The molecule has 0 saturated carbocycles. The number of phenolic OH excluding ortho intramolecular Hbond substituents is 1. The third kappa shape index (κ3) is 6.43. The molecule has 0 aliphatic rings. The van der Waals surface area contributed by atoms with Crippen LogP contribution in [0.15, 0.2) is 78.9 Å². The maximum atomic E-state index is 12.5. The van der Waals surface area contributed by atoms with Gasteiger partial charge >= 0.3 is 5.97 Å². The van der Waals surface area contributed by atoms with Crippen LogP contribution in [0.4, 0.5) is 5.69 Å². The van der Waals surface area contributed by atoms with Gasteiger partial charge in [-0.15, -0.1) is 0 Å². The molecule has 0 radical (unpaired) electrons. The van der Waals surface area contributed by atoms with Gasteiger partial charge in [0.1, 0.15) is 5.75 Å². The largest absolute Gasteiger partial charge is 0.508 e. The van der Waals surface area contributed by atoms with Gasteiger partial charge < -0.3 is 20.5 Å². The van der Waals surface area contributed by atoms with E-state index in [0.717, 1.165) is 5.56 Å². The van der Waals surface area contributed by atoms with E-state index >= 15 is 0 Å². The predicted molar refractivity (Wildman–Crippen MR) is 116 cm³/mol. The molecular formula is C24H22N2O5. The number of para-hydroxylation sites is 1. The molecule has 0 aliphatic carbocycles. The number of amides is 2. The number of phenols is 1. The highest BCUT2D eigenvalue weighted by Crippen LogP contribution is 2.15. The van der Waals surface area contributed by atoms with Crippen molar-refractivity contribution in [2.75, 3.05) is 18.5 Å². The first-order valence-electron chi connectivity index (χ1n) is 9.70. The summed E-state index contributed by atoms with van der Waals surface area (Å²) in [6, 6.07) is 22.0. The summed E-state index contributed by atoms with van der Waals surface area (Å²) in [4.78, 5) is 36.8. The molecule has 0 saturated heterocycles. The summed E-state index contributed by atoms with van der Waals surface area (Å²) in [6.45, 7) is -0.0783. The third-order valence-corrected chi connectivity index (χ3v) is 4.40. The molecule has 0 spiro atoms. The molecule has 7 heteroatoms. The average molecular weight is 418 g/mol. The third-order valence-electron chi connectivity index (χ3n) is 4.40. The Hall–Kier alpha value is -4.13. The predicted octanol–water partition coefficient (Wildman–Crippen LogP) is 3.16. The number of carbonyl (C=O) groups excluding carboxylic acids is 3. The summed E-state index contributed by atoms with van der Waals surface area (Å²) in [7, 11) is 0. The second kappa shape index (κ2) is 10.6. The van der Waals surface area contributed by atoms with Crippen LogP contribution in [0.25, 0.3) is 0 Å². The molecule has 0 aromatic heterocycles. The molecule has 3 aromatic carbocycles. The van der Waals surface area contributed by atoms with Crippen LogP contribution in [0.1, 0.15) is 26.3 Å². The number of hydrogen-bond donors (Lipinski definition) is 3. The van der Waals surface area contributed by atoms with Gasteiger partial charge in [0.2, 0.25) is 0 Å². The topological polar surface area (TPSA) is 105 Å². The lowest BCUT2D eigenvalue weighted by atomic mass is 10.1. The highest BCUT2D eigenvalue weighted by molar-refractivity contribution is 6.04. The fourth-order valence-electron chi connectivity index (χ4n) is 2.88. The van der Waals surface area contributed by atoms with Gasteiger partial charge in [-0.25, -0.2) is 4.79 Å². The minimum atomic E-state index is -0.738. The molecule has 3 aromatic rings. The van der Waals surface area contributed by atoms with Crippen molar-refractivity contribution in [2.24, 2.45) is 0 Å². The zero-order chi connectivity index (χ0) is 22.1. The summed E-state index contributed by atoms with van der Waals surface area (Å²) >= 11 is 0. The van der Waals surface area contributed by atoms with Crippen molar-refractivity contribution in [1.29, 1.82) is 0 Å². The molecule has 31 heavy (non-hydrogen) atoms. The summed E-state index contributed by atoms with van der Waals surface area (Å²) < 4.78 is 4.97. The molecule has 3 rings (SSSR count). The van der Waals surface area contributed by atoms with Gasteiger partial charge in [-0.3, -0.25) is 9.59 Å². The van der Waals surface area contributed by atoms with Gasteiger partial charge in [0, 0.05) is 6.54 Å². The first-order chi connectivity index (χ1) is 15.0. The van der Waals surface area contributed by atoms with Crippen LogP contribution in [0.5, 0.6) is 5.75 Å². The number of benzene rings is 3. The second-order valence-electron chi connectivity index (χ2n) is 6.71. The summed E-state index contributed by atoms with van der Waals surface area (Å²) in [5.74, 6) is -1.72. The fourth-order valence-corrected chi connectivity index (χ4v) is 2.88. The molecule has 2 amide bonds. The quantitative estimate of drug-likeness (QED) is 0.488. The Morgan fingerprint density at radius 1 is 0.871 bits per heavy atom. The van der Waals surface area contributed by atoms with E-state index in [4.69, 9.17) is 4.74 Å². The van der Waals surface area contributed by atoms with Gasteiger partial charge in [-0.1, -0.05) is 48.5 Å². The van der Waals surface area contributed by atoms with Gasteiger partial charge in [-0.2, -0.15) is 0 Å². The highest BCUT2D eigenvalue weighted by Gasteiger charge is 2.15. The van der Waals surface area contributed by atoms with Crippen LogP contribution in [0.3, 0.4) is 0 Å². The van der Waals surface area contributed by atoms with Gasteiger partial charge in [-0.05, 0) is 42.3 Å². The molecule has 0 heterocycles. The Labute approximate surface area is 179 Å². The number of carbonyl (C=O) groups is 3. The van der Waals surface area contributed by atoms with Crippen LogP contribution in [-0.2, 0) is 16.0 Å². The zero-order valence-corrected chi connectivity index (χ0v) is 16.7. The van der Waals surface area contributed by atoms with E-state index in [1.54, 1.807) is 24.3 Å². The number of nitrogens with one attached hydrogen (secondary N) is 2. The lowest BCUT2D eigenvalue weighted by molar-refractivity contribution is -0.119. The number of ether oxygens (including phenoxy) is 1. The van der Waals surface area contributed by atoms with Crippen molar-refractivity contribution < 1.29 is 24.2 Å². The molecular weight excluding hydrogens is 396 g/mol. The van der Waals surface area contributed by atoms with E-state index in [1.165, 1.54) is 24.3 Å². The molecule has 3 N–H and O–H groups in total. The monoisotopic (exact) mass is 418 g/mol. The number of esters is 1. The van der Waals surface area contributed by atoms with E-state index in [1.807, 2.05) is 30.3 Å². The van der Waals surface area contributed by atoms with Gasteiger partial charge in [0.25, 0.3) is 11.8 Å². The van der Waals surface area contributed by atoms with Gasteiger partial charge in [0.05, 0.1) is 16.8 Å². The van der Waals surface area contributed by atoms with E-state index < -0.39 is 18.5 Å². The maximum absolute atomic E-state index is 12.5. The lowest BCUT2D eigenvalue weighted by Gasteiger charge is -2.12. The molecule has 0 fully saturated rings. The van der Waals surface area contributed by atoms with Crippen molar-refractivity contribution >= 4 is 23.5 Å². The minimum Gasteiger partial charge on any atom is -0.508 e. The standard InChI is InChI=1S/C24H22N2O5/c27-19-10-6-9-18(15-19)24(30)31-16-22(28)26-21-12-5-4-11-20(21)23(29)25-14-13-17-7-2-1-3-8-17/h1-12,15,27H,13-14,16H2,(H,25,29)(H,26,28). The second-order valence-corrected chi connectivity index (χ2v) is 6.71. The van der Waals surface area contributed by atoms with Crippen molar-refractivity contribution in [2.45, 2.75) is 6.42 Å². The molecule has 0 unspecified atom stereocenters. The highest BCUT2D eigenvalue weighted by atomic mass is 16.5. The lowest BCUT2D eigenvalue weighted by Crippen LogP contribution is -2.28. The SMILES string of the molecule is O=C(COC(=O)c1cccc(O)c1)Nc1ccccc1C(=O)NCCc1ccccc1. The van der Waals surface area contributed by atoms with E-state index in [2.05, 4.69) is 10.6 Å². The number of anilines is 1. The van der Waals surface area contributed by atoms with Gasteiger partial charge in [0.15, 0.2) is 6.61 Å². The maximum Gasteiger partial charge on any atom is 0.338 e. The first-order valence-corrected chi connectivity index (χ1v) is 9.70. The molecule has 7 nitrogen and oxygen atoms in total. The fraction of sp³-hybridized carbons (Fsp3) is 0.125. The van der Waals surface area contributed by atoms with Crippen LogP contribution >= 0.6 is 0 Å². The van der Waals surface area contributed by atoms with Crippen molar-refractivity contribution in [1.82, 2.24) is 5.32 Å². The number of aromatic hydroxyl groups is 1. The number of hydrogen-bond acceptors (Lipinski definition) is 5. The number of rotatable bonds is 8. The van der Waals surface area contributed by atoms with Crippen LogP contribution in [0.2, 0.25) is 0 Å².